The molecule has 1 aromatic heterocycles. The summed E-state index contributed by atoms with van der Waals surface area (Å²) < 4.78 is 10.9. The molecule has 1 aliphatic carbocycles. The number of carbonyl (C=O) groups excluding carboxylic acids is 1. The molecule has 1 aromatic rings. The third-order valence-electron chi connectivity index (χ3n) is 5.96. The molecule has 1 amide bonds. The zero-order chi connectivity index (χ0) is 23.1. The van der Waals surface area contributed by atoms with Crippen molar-refractivity contribution >= 4 is 5.91 Å². The molecule has 7 heteroatoms. The van der Waals surface area contributed by atoms with E-state index in [0.717, 1.165) is 31.0 Å². The Hall–Kier alpha value is -2.28. The summed E-state index contributed by atoms with van der Waals surface area (Å²) in [4.78, 5) is 22.8. The lowest BCUT2D eigenvalue weighted by atomic mass is 9.78. The van der Waals surface area contributed by atoms with Crippen LogP contribution in [0, 0.1) is 24.7 Å². The molecule has 0 radical (unpaired) electrons. The predicted octanol–water partition coefficient (Wildman–Crippen LogP) is 3.77. The second-order valence-electron chi connectivity index (χ2n) is 8.52. The monoisotopic (exact) mass is 433 g/mol. The number of aliphatic hydroxyl groups excluding tert-OH is 1. The minimum absolute atomic E-state index is 0.102. The van der Waals surface area contributed by atoms with Crippen LogP contribution >= 0.6 is 0 Å². The molecule has 3 rings (SSSR count). The molecule has 0 bridgehead atoms. The molecule has 0 aromatic carbocycles. The van der Waals surface area contributed by atoms with Gasteiger partial charge in [0.2, 0.25) is 5.91 Å². The Balaban J connectivity index is 0.00000166. The van der Waals surface area contributed by atoms with Gasteiger partial charge in [0.15, 0.2) is 0 Å². The molecule has 1 saturated heterocycles. The number of nitrogens with one attached hydrogen (secondary N) is 1. The lowest BCUT2D eigenvalue weighted by Crippen LogP contribution is -2.44. The number of aromatic nitrogens is 2. The second kappa shape index (κ2) is 11.4. The minimum atomic E-state index is -0.828. The van der Waals surface area contributed by atoms with E-state index in [2.05, 4.69) is 23.8 Å². The Labute approximate surface area is 186 Å². The van der Waals surface area contributed by atoms with Crippen LogP contribution in [0.25, 0.3) is 0 Å². The van der Waals surface area contributed by atoms with E-state index in [0.29, 0.717) is 23.4 Å². The highest BCUT2D eigenvalue weighted by Gasteiger charge is 2.39. The van der Waals surface area contributed by atoms with Gasteiger partial charge in [0.1, 0.15) is 17.3 Å². The van der Waals surface area contributed by atoms with Gasteiger partial charge in [-0.25, -0.2) is 4.98 Å². The van der Waals surface area contributed by atoms with Crippen LogP contribution in [0.2, 0.25) is 0 Å². The molecule has 7 nitrogen and oxygen atoms in total. The highest BCUT2D eigenvalue weighted by molar-refractivity contribution is 5.77. The number of amides is 1. The van der Waals surface area contributed by atoms with E-state index < -0.39 is 12.0 Å². The maximum atomic E-state index is 13.3. The predicted molar refractivity (Wildman–Crippen MR) is 121 cm³/mol. The Kier molecular flexibility index (Phi) is 9.16. The van der Waals surface area contributed by atoms with E-state index in [1.807, 2.05) is 25.7 Å². The van der Waals surface area contributed by atoms with Gasteiger partial charge >= 0.3 is 0 Å². The van der Waals surface area contributed by atoms with Gasteiger partial charge in [-0.15, -0.1) is 0 Å². The third-order valence-corrected chi connectivity index (χ3v) is 5.96. The lowest BCUT2D eigenvalue weighted by Gasteiger charge is -2.37. The van der Waals surface area contributed by atoms with Crippen molar-refractivity contribution in [3.8, 4) is 0 Å². The number of carbonyl (C=O) groups is 1. The van der Waals surface area contributed by atoms with Crippen LogP contribution in [0.4, 0.5) is 0 Å². The molecule has 31 heavy (non-hydrogen) atoms. The van der Waals surface area contributed by atoms with E-state index in [1.54, 1.807) is 32.6 Å². The summed E-state index contributed by atoms with van der Waals surface area (Å²) in [6.45, 7) is 11.8. The van der Waals surface area contributed by atoms with Gasteiger partial charge in [-0.3, -0.25) is 4.79 Å². The fourth-order valence-electron chi connectivity index (χ4n) is 4.73. The zero-order valence-electron chi connectivity index (χ0n) is 20.0. The van der Waals surface area contributed by atoms with Gasteiger partial charge in [-0.1, -0.05) is 27.7 Å². The zero-order valence-corrected chi connectivity index (χ0v) is 20.0. The van der Waals surface area contributed by atoms with Crippen molar-refractivity contribution in [1.29, 1.82) is 0 Å². The molecule has 2 heterocycles. The first-order valence-electron chi connectivity index (χ1n) is 11.3. The van der Waals surface area contributed by atoms with Crippen molar-refractivity contribution in [3.63, 3.8) is 0 Å². The second-order valence-corrected chi connectivity index (χ2v) is 8.52. The number of ether oxygens (including phenoxy) is 2. The van der Waals surface area contributed by atoms with Crippen molar-refractivity contribution in [2.75, 3.05) is 27.3 Å². The Morgan fingerprint density at radius 1 is 1.26 bits per heavy atom. The number of rotatable bonds is 6. The number of aliphatic hydroxyl groups is 1. The van der Waals surface area contributed by atoms with E-state index in [-0.39, 0.29) is 18.2 Å². The Bertz CT molecular complexity index is 776. The Morgan fingerprint density at radius 3 is 2.42 bits per heavy atom. The fourth-order valence-corrected chi connectivity index (χ4v) is 4.73. The molecule has 5 atom stereocenters. The van der Waals surface area contributed by atoms with Gasteiger partial charge in [0, 0.05) is 43.4 Å². The molecule has 2 unspecified atom stereocenters. The number of nitrogens with zero attached hydrogens (tertiary/aromatic N) is 2. The summed E-state index contributed by atoms with van der Waals surface area (Å²) in [5.41, 5.74) is 0.829. The summed E-state index contributed by atoms with van der Waals surface area (Å²) in [5.74, 6) is 2.34. The van der Waals surface area contributed by atoms with Crippen LogP contribution in [0.15, 0.2) is 29.9 Å². The number of aryl methyl sites for hydroxylation is 1. The summed E-state index contributed by atoms with van der Waals surface area (Å²) in [7, 11) is 3.13. The Morgan fingerprint density at radius 2 is 1.90 bits per heavy atom. The lowest BCUT2D eigenvalue weighted by molar-refractivity contribution is -0.134. The number of piperidine rings is 1. The van der Waals surface area contributed by atoms with Gasteiger partial charge in [0.05, 0.1) is 26.2 Å². The average Bonchev–Trinajstić information content (AvgIpc) is 3.18. The smallest absolute Gasteiger partial charge is 0.223 e. The van der Waals surface area contributed by atoms with Crippen LogP contribution in [0.1, 0.15) is 58.0 Å². The summed E-state index contributed by atoms with van der Waals surface area (Å²) >= 11 is 0. The highest BCUT2D eigenvalue weighted by atomic mass is 16.5. The van der Waals surface area contributed by atoms with Crippen molar-refractivity contribution < 1.29 is 19.4 Å². The number of hydrogen-bond acceptors (Lipinski definition) is 5. The van der Waals surface area contributed by atoms with Crippen LogP contribution < -0.4 is 0 Å². The molecule has 2 N–H and O–H groups in total. The van der Waals surface area contributed by atoms with E-state index in [4.69, 9.17) is 9.47 Å². The van der Waals surface area contributed by atoms with Crippen molar-refractivity contribution in [2.45, 2.75) is 59.5 Å². The largest absolute Gasteiger partial charge is 0.501 e. The number of methoxy groups -OCH3 is 2. The van der Waals surface area contributed by atoms with Gasteiger partial charge in [-0.05, 0) is 31.3 Å². The van der Waals surface area contributed by atoms with E-state index in [9.17, 15) is 9.90 Å². The maximum Gasteiger partial charge on any atom is 0.223 e. The van der Waals surface area contributed by atoms with Gasteiger partial charge < -0.3 is 24.5 Å². The number of imidazole rings is 1. The van der Waals surface area contributed by atoms with E-state index in [1.165, 1.54) is 0 Å². The molecular formula is C24H39N3O4. The number of likely N-dealkylation sites (tertiary alicyclic amines) is 1. The number of H-pyrrole nitrogens is 1. The van der Waals surface area contributed by atoms with Crippen molar-refractivity contribution in [2.24, 2.45) is 17.8 Å². The standard InChI is InChI=1S/C22H33N3O4.C2H6/c1-13-6-14(2)12-25(11-13)21(27)9-17(18-10-23-15(3)24-18)22-19(26)7-16(28-4)8-20(22)29-5;1-2/h7-8,10,13-14,17,19,22,26H,6,9,11-12H2,1-5H3,(H,23,24);1-2H3/t13-,14+,17?,19-,22?;/m1./s1. The fraction of sp³-hybridized carbons (Fsp3) is 0.667. The van der Waals surface area contributed by atoms with Crippen LogP contribution in [-0.2, 0) is 14.3 Å². The quantitative estimate of drug-likeness (QED) is 0.713. The third kappa shape index (κ3) is 6.12. The molecule has 174 valence electrons. The molecular weight excluding hydrogens is 394 g/mol. The van der Waals surface area contributed by atoms with Gasteiger partial charge in [0.25, 0.3) is 0 Å². The molecule has 0 saturated carbocycles. The molecule has 1 aliphatic heterocycles. The van der Waals surface area contributed by atoms with Crippen molar-refractivity contribution in [3.05, 3.63) is 41.4 Å². The van der Waals surface area contributed by atoms with E-state index >= 15 is 0 Å². The summed E-state index contributed by atoms with van der Waals surface area (Å²) in [6, 6.07) is 0. The highest BCUT2D eigenvalue weighted by Crippen LogP contribution is 2.39. The minimum Gasteiger partial charge on any atom is -0.501 e. The van der Waals surface area contributed by atoms with Crippen LogP contribution in [0.3, 0.4) is 0 Å². The molecule has 1 fully saturated rings. The van der Waals surface area contributed by atoms with Crippen LogP contribution in [-0.4, -0.2) is 59.3 Å². The normalized spacial score (nSPS) is 26.8. The van der Waals surface area contributed by atoms with Crippen molar-refractivity contribution in [1.82, 2.24) is 14.9 Å². The number of aromatic amines is 1. The number of hydrogen-bond donors (Lipinski definition) is 2. The average molecular weight is 434 g/mol. The number of allylic oxidation sites excluding steroid dienone is 1. The maximum absolute atomic E-state index is 13.3. The summed E-state index contributed by atoms with van der Waals surface area (Å²) in [6.07, 6.45) is 5.80. The first-order valence-corrected chi connectivity index (χ1v) is 11.3. The SMILES string of the molecule is CC.COC1=C[C@@H](O)C(C(CC(=O)N2C[C@H](C)C[C@H](C)C2)c2cnc(C)[nH]2)C(OC)=C1. The topological polar surface area (TPSA) is 87.7 Å². The summed E-state index contributed by atoms with van der Waals surface area (Å²) in [5, 5.41) is 10.9. The van der Waals surface area contributed by atoms with Gasteiger partial charge in [-0.2, -0.15) is 0 Å². The first-order chi connectivity index (χ1) is 14.8. The first kappa shape index (κ1) is 25.0. The van der Waals surface area contributed by atoms with Crippen LogP contribution in [0.5, 0.6) is 0 Å². The molecule has 2 aliphatic rings. The molecule has 0 spiro atoms.